The number of rotatable bonds is 10. The van der Waals surface area contributed by atoms with Gasteiger partial charge in [-0.3, -0.25) is 9.69 Å². The molecule has 3 aromatic carbocycles. The maximum Gasteiger partial charge on any atom is 0.408 e. The summed E-state index contributed by atoms with van der Waals surface area (Å²) in [4.78, 5) is 32.8. The fourth-order valence-corrected chi connectivity index (χ4v) is 6.74. The summed E-state index contributed by atoms with van der Waals surface area (Å²) in [7, 11) is 0. The Labute approximate surface area is 266 Å². The number of hydrogen-bond acceptors (Lipinski definition) is 5. The topological polar surface area (TPSA) is 97.3 Å². The Bertz CT molecular complexity index is 1480. The molecule has 0 spiro atoms. The van der Waals surface area contributed by atoms with Gasteiger partial charge in [0.15, 0.2) is 6.29 Å². The van der Waals surface area contributed by atoms with Crippen LogP contribution in [0.3, 0.4) is 0 Å². The van der Waals surface area contributed by atoms with E-state index in [-0.39, 0.29) is 24.5 Å². The molecule has 3 aromatic rings. The molecule has 1 aliphatic carbocycles. The minimum absolute atomic E-state index is 0.217. The summed E-state index contributed by atoms with van der Waals surface area (Å²) in [5.41, 5.74) is 3.90. The smallest absolute Gasteiger partial charge is 0.408 e. The van der Waals surface area contributed by atoms with Gasteiger partial charge in [-0.05, 0) is 65.8 Å². The second-order valence-electron chi connectivity index (χ2n) is 13.2. The molecule has 1 unspecified atom stereocenters. The number of carbonyl (C=O) groups excluding carboxylic acids is 1. The van der Waals surface area contributed by atoms with E-state index in [1.54, 1.807) is 17.0 Å². The van der Waals surface area contributed by atoms with Crippen molar-refractivity contribution in [2.24, 2.45) is 5.41 Å². The van der Waals surface area contributed by atoms with Gasteiger partial charge < -0.3 is 14.6 Å². The van der Waals surface area contributed by atoms with Gasteiger partial charge in [0.2, 0.25) is 0 Å². The highest BCUT2D eigenvalue weighted by Gasteiger charge is 2.49. The van der Waals surface area contributed by atoms with Gasteiger partial charge >= 0.3 is 6.09 Å². The molecule has 45 heavy (non-hydrogen) atoms. The molecule has 2 N–H and O–H groups in total. The number of hydrogen-bond donors (Lipinski definition) is 2. The molecule has 1 saturated carbocycles. The monoisotopic (exact) mass is 614 g/mol. The van der Waals surface area contributed by atoms with Crippen LogP contribution in [-0.4, -0.2) is 53.6 Å². The standard InChI is InChI=1S/C37H46N2O6/c1-36(2,3)37(21-8-4-9-22-37)39(35(41)42)25-28(26-44-32-15-11-13-29-12-5-6-14-31(29)32)24-27-17-19-30(20-18-27)34(40)38-45-33-16-7-10-23-43-33/h5-6,11-15,17-20,24,33H,4,7-10,16,21-23,25-26H2,1-3H3,(H,38,40)(H,41,42)/b28-24-. The third-order valence-corrected chi connectivity index (χ3v) is 9.31. The number of nitrogens with one attached hydrogen (secondary N) is 1. The fourth-order valence-electron chi connectivity index (χ4n) is 6.74. The number of amides is 2. The van der Waals surface area contributed by atoms with Crippen LogP contribution in [0.25, 0.3) is 16.8 Å². The second-order valence-corrected chi connectivity index (χ2v) is 13.2. The molecule has 240 valence electrons. The number of nitrogens with zero attached hydrogens (tertiary/aromatic N) is 1. The maximum absolute atomic E-state index is 13.0. The largest absolute Gasteiger partial charge is 0.489 e. The van der Waals surface area contributed by atoms with Crippen molar-refractivity contribution >= 4 is 28.8 Å². The van der Waals surface area contributed by atoms with Gasteiger partial charge in [-0.25, -0.2) is 15.1 Å². The van der Waals surface area contributed by atoms with Crippen molar-refractivity contribution in [1.82, 2.24) is 10.4 Å². The van der Waals surface area contributed by atoms with Crippen LogP contribution in [0.4, 0.5) is 4.79 Å². The van der Waals surface area contributed by atoms with Crippen molar-refractivity contribution in [3.63, 3.8) is 0 Å². The van der Waals surface area contributed by atoms with E-state index in [4.69, 9.17) is 14.3 Å². The lowest BCUT2D eigenvalue weighted by molar-refractivity contribution is -0.186. The number of carboxylic acid groups (broad SMARTS) is 1. The lowest BCUT2D eigenvalue weighted by Crippen LogP contribution is -2.60. The fraction of sp³-hybridized carbons (Fsp3) is 0.459. The molecule has 2 amide bonds. The Hall–Kier alpha value is -3.88. The zero-order chi connectivity index (χ0) is 31.9. The molecule has 1 atom stereocenters. The summed E-state index contributed by atoms with van der Waals surface area (Å²) >= 11 is 0. The van der Waals surface area contributed by atoms with Gasteiger partial charge in [-0.2, -0.15) is 0 Å². The lowest BCUT2D eigenvalue weighted by atomic mass is 9.64. The number of benzene rings is 3. The summed E-state index contributed by atoms with van der Waals surface area (Å²) < 4.78 is 11.9. The van der Waals surface area contributed by atoms with Crippen molar-refractivity contribution in [3.8, 4) is 5.75 Å². The Morgan fingerprint density at radius 3 is 2.40 bits per heavy atom. The summed E-state index contributed by atoms with van der Waals surface area (Å²) in [6, 6.07) is 21.2. The number of ether oxygens (including phenoxy) is 2. The van der Waals surface area contributed by atoms with Gasteiger partial charge in [0, 0.05) is 30.5 Å². The third kappa shape index (κ3) is 7.86. The van der Waals surface area contributed by atoms with Crippen LogP contribution in [0.15, 0.2) is 72.3 Å². The van der Waals surface area contributed by atoms with Crippen LogP contribution in [0, 0.1) is 5.41 Å². The van der Waals surface area contributed by atoms with Crippen LogP contribution in [0.5, 0.6) is 5.75 Å². The number of carbonyl (C=O) groups is 2. The van der Waals surface area contributed by atoms with Crippen LogP contribution in [0.1, 0.15) is 88.1 Å². The highest BCUT2D eigenvalue weighted by atomic mass is 16.8. The van der Waals surface area contributed by atoms with Crippen LogP contribution < -0.4 is 10.2 Å². The molecule has 0 bridgehead atoms. The summed E-state index contributed by atoms with van der Waals surface area (Å²) in [5.74, 6) is 0.402. The summed E-state index contributed by atoms with van der Waals surface area (Å²) in [6.45, 7) is 7.52. The first-order chi connectivity index (χ1) is 21.7. The number of hydroxylamine groups is 1. The zero-order valence-corrected chi connectivity index (χ0v) is 26.7. The summed E-state index contributed by atoms with van der Waals surface area (Å²) in [6.07, 6.45) is 8.19. The molecule has 2 aliphatic rings. The van der Waals surface area contributed by atoms with Crippen molar-refractivity contribution in [1.29, 1.82) is 0 Å². The predicted octanol–water partition coefficient (Wildman–Crippen LogP) is 8.22. The molecule has 2 fully saturated rings. The number of fused-ring (bicyclic) bond motifs is 1. The predicted molar refractivity (Wildman–Crippen MR) is 176 cm³/mol. The van der Waals surface area contributed by atoms with Gasteiger partial charge in [-0.15, -0.1) is 0 Å². The van der Waals surface area contributed by atoms with E-state index in [2.05, 4.69) is 26.3 Å². The van der Waals surface area contributed by atoms with E-state index >= 15 is 0 Å². The quantitative estimate of drug-likeness (QED) is 0.223. The van der Waals surface area contributed by atoms with E-state index < -0.39 is 17.9 Å². The lowest BCUT2D eigenvalue weighted by Gasteiger charge is -2.53. The normalized spacial score (nSPS) is 18.7. The molecule has 8 nitrogen and oxygen atoms in total. The first-order valence-corrected chi connectivity index (χ1v) is 16.1. The minimum atomic E-state index is -0.920. The molecule has 1 saturated heterocycles. The van der Waals surface area contributed by atoms with Gasteiger partial charge in [0.05, 0.1) is 5.54 Å². The van der Waals surface area contributed by atoms with E-state index in [1.165, 1.54) is 0 Å². The molecule has 1 heterocycles. The SMILES string of the molecule is CC(C)(C)C1(N(C/C(=C/c2ccc(C(=O)NOC3CCCCO3)cc2)COc2cccc3ccccc23)C(=O)O)CCCCC1. The Morgan fingerprint density at radius 1 is 0.978 bits per heavy atom. The summed E-state index contributed by atoms with van der Waals surface area (Å²) in [5, 5.41) is 12.7. The van der Waals surface area contributed by atoms with Crippen molar-refractivity contribution in [3.05, 3.63) is 83.4 Å². The molecule has 8 heteroatoms. The van der Waals surface area contributed by atoms with Crippen molar-refractivity contribution < 1.29 is 29.0 Å². The van der Waals surface area contributed by atoms with Gasteiger partial charge in [0.1, 0.15) is 12.4 Å². The van der Waals surface area contributed by atoms with E-state index in [1.807, 2.05) is 60.7 Å². The highest BCUT2D eigenvalue weighted by molar-refractivity contribution is 5.93. The molecule has 5 rings (SSSR count). The first-order valence-electron chi connectivity index (χ1n) is 16.1. The second kappa shape index (κ2) is 14.5. The Kier molecular flexibility index (Phi) is 10.5. The average Bonchev–Trinajstić information content (AvgIpc) is 3.05. The first kappa shape index (κ1) is 32.5. The Morgan fingerprint density at radius 2 is 1.71 bits per heavy atom. The molecular formula is C37H46N2O6. The van der Waals surface area contributed by atoms with Crippen LogP contribution in [-0.2, 0) is 9.57 Å². The van der Waals surface area contributed by atoms with Gasteiger partial charge in [0.25, 0.3) is 5.91 Å². The maximum atomic E-state index is 13.0. The highest BCUT2D eigenvalue weighted by Crippen LogP contribution is 2.47. The molecule has 0 radical (unpaired) electrons. The molecule has 0 aromatic heterocycles. The van der Waals surface area contributed by atoms with Crippen LogP contribution in [0.2, 0.25) is 0 Å². The van der Waals surface area contributed by atoms with Crippen LogP contribution >= 0.6 is 0 Å². The average molecular weight is 615 g/mol. The van der Waals surface area contributed by atoms with Crippen molar-refractivity contribution in [2.75, 3.05) is 19.8 Å². The molecule has 1 aliphatic heterocycles. The van der Waals surface area contributed by atoms with E-state index in [0.29, 0.717) is 12.2 Å². The Balaban J connectivity index is 1.40. The van der Waals surface area contributed by atoms with E-state index in [0.717, 1.165) is 79.0 Å². The third-order valence-electron chi connectivity index (χ3n) is 9.31. The van der Waals surface area contributed by atoms with E-state index in [9.17, 15) is 14.7 Å². The zero-order valence-electron chi connectivity index (χ0n) is 26.7. The van der Waals surface area contributed by atoms with Crippen molar-refractivity contribution in [2.45, 2.75) is 84.0 Å². The minimum Gasteiger partial charge on any atom is -0.489 e. The van der Waals surface area contributed by atoms with Gasteiger partial charge in [-0.1, -0.05) is 94.6 Å². The molecular weight excluding hydrogens is 568 g/mol.